The van der Waals surface area contributed by atoms with Crippen LogP contribution in [-0.2, 0) is 20.7 Å². The average Bonchev–Trinajstić information content (AvgIpc) is 2.51. The van der Waals surface area contributed by atoms with Gasteiger partial charge in [-0.15, -0.1) is 0 Å². The van der Waals surface area contributed by atoms with Crippen LogP contribution in [0.15, 0.2) is 24.3 Å². The molecule has 0 saturated heterocycles. The summed E-state index contributed by atoms with van der Waals surface area (Å²) in [7, 11) is 0. The number of urea groups is 1. The number of esters is 1. The normalized spacial score (nSPS) is 10.1. The number of carbonyl (C=O) groups is 3. The van der Waals surface area contributed by atoms with Crippen molar-refractivity contribution in [1.29, 1.82) is 0 Å². The number of nitrogens with zero attached hydrogens (tertiary/aromatic N) is 1. The van der Waals surface area contributed by atoms with Gasteiger partial charge in [0.05, 0.1) is 11.3 Å². The van der Waals surface area contributed by atoms with Gasteiger partial charge in [-0.2, -0.15) is 0 Å². The van der Waals surface area contributed by atoms with E-state index in [1.165, 1.54) is 18.2 Å². The molecule has 130 valence electrons. The Labute approximate surface area is 138 Å². The molecule has 24 heavy (non-hydrogen) atoms. The molecule has 0 saturated carbocycles. The van der Waals surface area contributed by atoms with Crippen molar-refractivity contribution < 1.29 is 24.0 Å². The molecule has 2 N–H and O–H groups in total. The molecule has 1 rings (SSSR count). The highest BCUT2D eigenvalue weighted by Crippen LogP contribution is 2.18. The fourth-order valence-corrected chi connectivity index (χ4v) is 1.69. The third-order valence-electron chi connectivity index (χ3n) is 2.81. The van der Waals surface area contributed by atoms with Gasteiger partial charge in [0.1, 0.15) is 0 Å². The smallest absolute Gasteiger partial charge is 0.321 e. The minimum absolute atomic E-state index is 0.183. The van der Waals surface area contributed by atoms with E-state index in [1.807, 2.05) is 19.2 Å². The van der Waals surface area contributed by atoms with Crippen LogP contribution in [0.25, 0.3) is 0 Å². The first-order valence-corrected chi connectivity index (χ1v) is 7.25. The second kappa shape index (κ2) is 9.23. The van der Waals surface area contributed by atoms with Gasteiger partial charge >= 0.3 is 12.0 Å². The molecule has 0 heterocycles. The molecule has 0 radical (unpaired) electrons. The van der Waals surface area contributed by atoms with E-state index in [-0.39, 0.29) is 23.6 Å². The SMILES string of the molecule is CC(C)CNC(=O)NC(=O)COC(=O)Cc1ccccc1[N+](=O)[O-]. The minimum Gasteiger partial charge on any atom is -0.455 e. The van der Waals surface area contributed by atoms with Crippen LogP contribution in [0.1, 0.15) is 19.4 Å². The summed E-state index contributed by atoms with van der Waals surface area (Å²) in [6.45, 7) is 3.55. The van der Waals surface area contributed by atoms with E-state index in [9.17, 15) is 24.5 Å². The van der Waals surface area contributed by atoms with Gasteiger partial charge < -0.3 is 10.1 Å². The highest BCUT2D eigenvalue weighted by atomic mass is 16.6. The molecule has 0 aliphatic carbocycles. The lowest BCUT2D eigenvalue weighted by Gasteiger charge is -2.09. The molecule has 0 aromatic heterocycles. The number of carbonyl (C=O) groups excluding carboxylic acids is 3. The predicted molar refractivity (Wildman–Crippen MR) is 84.1 cm³/mol. The van der Waals surface area contributed by atoms with Crippen molar-refractivity contribution in [1.82, 2.24) is 10.6 Å². The van der Waals surface area contributed by atoms with E-state index in [2.05, 4.69) is 5.32 Å². The van der Waals surface area contributed by atoms with E-state index in [0.717, 1.165) is 0 Å². The van der Waals surface area contributed by atoms with Crippen molar-refractivity contribution in [3.8, 4) is 0 Å². The number of amides is 3. The van der Waals surface area contributed by atoms with E-state index < -0.39 is 29.4 Å². The summed E-state index contributed by atoms with van der Waals surface area (Å²) < 4.78 is 4.72. The number of rotatable bonds is 7. The number of nitrogens with one attached hydrogen (secondary N) is 2. The van der Waals surface area contributed by atoms with Crippen molar-refractivity contribution in [2.45, 2.75) is 20.3 Å². The zero-order chi connectivity index (χ0) is 18.1. The van der Waals surface area contributed by atoms with E-state index in [0.29, 0.717) is 6.54 Å². The molecule has 0 spiro atoms. The lowest BCUT2D eigenvalue weighted by molar-refractivity contribution is -0.385. The number of nitro groups is 1. The van der Waals surface area contributed by atoms with Crippen molar-refractivity contribution in [2.24, 2.45) is 5.92 Å². The summed E-state index contributed by atoms with van der Waals surface area (Å²) in [6.07, 6.45) is -0.343. The van der Waals surface area contributed by atoms with Crippen LogP contribution in [0.3, 0.4) is 0 Å². The molecule has 1 aromatic carbocycles. The van der Waals surface area contributed by atoms with Gasteiger partial charge in [0.25, 0.3) is 11.6 Å². The van der Waals surface area contributed by atoms with E-state index in [1.54, 1.807) is 6.07 Å². The van der Waals surface area contributed by atoms with Crippen LogP contribution >= 0.6 is 0 Å². The second-order valence-electron chi connectivity index (χ2n) is 5.38. The van der Waals surface area contributed by atoms with Crippen molar-refractivity contribution in [3.05, 3.63) is 39.9 Å². The van der Waals surface area contributed by atoms with Crippen molar-refractivity contribution in [2.75, 3.05) is 13.2 Å². The lowest BCUT2D eigenvalue weighted by Crippen LogP contribution is -2.42. The standard InChI is InChI=1S/C15H19N3O6/c1-10(2)8-16-15(21)17-13(19)9-24-14(20)7-11-5-3-4-6-12(11)18(22)23/h3-6,10H,7-9H2,1-2H3,(H2,16,17,19,21). The number of hydrogen-bond donors (Lipinski definition) is 2. The van der Waals surface area contributed by atoms with Crippen LogP contribution < -0.4 is 10.6 Å². The first kappa shape index (κ1) is 19.1. The monoisotopic (exact) mass is 337 g/mol. The maximum Gasteiger partial charge on any atom is 0.321 e. The van der Waals surface area contributed by atoms with Gasteiger partial charge in [0.15, 0.2) is 6.61 Å². The Bertz CT molecular complexity index is 629. The molecule has 9 nitrogen and oxygen atoms in total. The van der Waals surface area contributed by atoms with Crippen LogP contribution in [0, 0.1) is 16.0 Å². The van der Waals surface area contributed by atoms with Crippen LogP contribution in [0.4, 0.5) is 10.5 Å². The van der Waals surface area contributed by atoms with Crippen LogP contribution in [0.2, 0.25) is 0 Å². The Morgan fingerprint density at radius 2 is 1.92 bits per heavy atom. The molecule has 0 aliphatic rings. The molecule has 0 unspecified atom stereocenters. The summed E-state index contributed by atoms with van der Waals surface area (Å²) in [6, 6.07) is 5.06. The predicted octanol–water partition coefficient (Wildman–Crippen LogP) is 1.16. The maximum atomic E-state index is 11.7. The Hall–Kier alpha value is -2.97. The van der Waals surface area contributed by atoms with Gasteiger partial charge in [0.2, 0.25) is 0 Å². The van der Waals surface area contributed by atoms with Crippen LogP contribution in [0.5, 0.6) is 0 Å². The van der Waals surface area contributed by atoms with Gasteiger partial charge in [-0.05, 0) is 5.92 Å². The third-order valence-corrected chi connectivity index (χ3v) is 2.81. The lowest BCUT2D eigenvalue weighted by atomic mass is 10.1. The fourth-order valence-electron chi connectivity index (χ4n) is 1.69. The van der Waals surface area contributed by atoms with Crippen molar-refractivity contribution in [3.63, 3.8) is 0 Å². The number of hydrogen-bond acceptors (Lipinski definition) is 6. The van der Waals surface area contributed by atoms with Gasteiger partial charge in [-0.25, -0.2) is 4.79 Å². The first-order chi connectivity index (χ1) is 11.3. The average molecular weight is 337 g/mol. The first-order valence-electron chi connectivity index (χ1n) is 7.25. The largest absolute Gasteiger partial charge is 0.455 e. The highest BCUT2D eigenvalue weighted by Gasteiger charge is 2.17. The minimum atomic E-state index is -0.804. The van der Waals surface area contributed by atoms with E-state index in [4.69, 9.17) is 4.74 Å². The van der Waals surface area contributed by atoms with Crippen molar-refractivity contribution >= 4 is 23.6 Å². The quantitative estimate of drug-likeness (QED) is 0.436. The summed E-state index contributed by atoms with van der Waals surface area (Å²) in [5.41, 5.74) is -0.0189. The number of para-hydroxylation sites is 1. The second-order valence-corrected chi connectivity index (χ2v) is 5.38. The molecular weight excluding hydrogens is 318 g/mol. The zero-order valence-corrected chi connectivity index (χ0v) is 13.4. The number of imide groups is 1. The van der Waals surface area contributed by atoms with Gasteiger partial charge in [0, 0.05) is 18.2 Å². The molecule has 1 aromatic rings. The summed E-state index contributed by atoms with van der Waals surface area (Å²) in [5.74, 6) is -1.36. The number of benzene rings is 1. The molecular formula is C15H19N3O6. The number of ether oxygens (including phenoxy) is 1. The fraction of sp³-hybridized carbons (Fsp3) is 0.400. The molecule has 0 bridgehead atoms. The Morgan fingerprint density at radius 1 is 1.25 bits per heavy atom. The molecule has 0 aliphatic heterocycles. The third kappa shape index (κ3) is 6.86. The van der Waals surface area contributed by atoms with Gasteiger partial charge in [-0.1, -0.05) is 32.0 Å². The number of nitro benzene ring substituents is 1. The summed E-state index contributed by atoms with van der Waals surface area (Å²) in [5, 5.41) is 15.3. The summed E-state index contributed by atoms with van der Waals surface area (Å²) in [4.78, 5) is 44.7. The topological polar surface area (TPSA) is 128 Å². The Morgan fingerprint density at radius 3 is 2.54 bits per heavy atom. The Kier molecular flexibility index (Phi) is 7.34. The zero-order valence-electron chi connectivity index (χ0n) is 13.4. The van der Waals surface area contributed by atoms with E-state index >= 15 is 0 Å². The summed E-state index contributed by atoms with van der Waals surface area (Å²) >= 11 is 0. The molecule has 0 fully saturated rings. The Balaban J connectivity index is 2.42. The van der Waals surface area contributed by atoms with Crippen LogP contribution in [-0.4, -0.2) is 36.0 Å². The molecule has 0 atom stereocenters. The highest BCUT2D eigenvalue weighted by molar-refractivity contribution is 5.95. The van der Waals surface area contributed by atoms with Gasteiger partial charge in [-0.3, -0.25) is 25.0 Å². The molecule has 3 amide bonds. The maximum absolute atomic E-state index is 11.7. The molecule has 9 heteroatoms.